The molecule has 6 nitrogen and oxygen atoms in total. The summed E-state index contributed by atoms with van der Waals surface area (Å²) >= 11 is 0. The van der Waals surface area contributed by atoms with Gasteiger partial charge in [-0.2, -0.15) is 0 Å². The zero-order valence-electron chi connectivity index (χ0n) is 13.8. The lowest BCUT2D eigenvalue weighted by Gasteiger charge is -2.33. The minimum atomic E-state index is 0.0139. The number of nitrogens with one attached hydrogen (secondary N) is 2. The number of carbonyl (C=O) groups is 1. The van der Waals surface area contributed by atoms with E-state index in [9.17, 15) is 4.79 Å². The first-order valence-electron chi connectivity index (χ1n) is 8.38. The number of terminal acetylenes is 1. The second-order valence-corrected chi connectivity index (χ2v) is 6.00. The lowest BCUT2D eigenvalue weighted by atomic mass is 10.3. The molecule has 24 heavy (non-hydrogen) atoms. The third kappa shape index (κ3) is 4.06. The van der Waals surface area contributed by atoms with Gasteiger partial charge in [-0.3, -0.25) is 4.90 Å². The summed E-state index contributed by atoms with van der Waals surface area (Å²) in [6, 6.07) is 8.01. The number of urea groups is 1. The molecule has 0 unspecified atom stereocenters. The van der Waals surface area contributed by atoms with Crippen LogP contribution in [0, 0.1) is 12.3 Å². The first-order valence-corrected chi connectivity index (χ1v) is 8.38. The number of rotatable bonds is 5. The van der Waals surface area contributed by atoms with Crippen LogP contribution in [0.5, 0.6) is 0 Å². The molecule has 2 heterocycles. The molecule has 0 saturated carbocycles. The van der Waals surface area contributed by atoms with Gasteiger partial charge in [-0.05, 0) is 18.6 Å². The average molecular weight is 325 g/mol. The van der Waals surface area contributed by atoms with Crippen molar-refractivity contribution >= 4 is 17.1 Å². The standard InChI is InChI=1S/C18H23N5O/c1-2-10-22-11-13-23(14-12-22)18(24)19-9-5-8-17-20-15-6-3-4-7-16(15)21-17/h1,3-4,6-7H,5,8-14H2,(H,19,24)(H,20,21). The first-order chi connectivity index (χ1) is 11.8. The van der Waals surface area contributed by atoms with Gasteiger partial charge in [0, 0.05) is 39.1 Å². The zero-order chi connectivity index (χ0) is 16.8. The van der Waals surface area contributed by atoms with Crippen molar-refractivity contribution in [2.45, 2.75) is 12.8 Å². The number of aromatic amines is 1. The molecule has 2 amide bonds. The molecule has 2 N–H and O–H groups in total. The molecule has 126 valence electrons. The normalized spacial score (nSPS) is 15.4. The lowest BCUT2D eigenvalue weighted by molar-refractivity contribution is 0.148. The third-order valence-electron chi connectivity index (χ3n) is 4.28. The number of aromatic nitrogens is 2. The SMILES string of the molecule is C#CCN1CCN(C(=O)NCCCc2nc3ccccc3[nH]2)CC1. The number of aryl methyl sites for hydroxylation is 1. The Bertz CT molecular complexity index is 691. The Hall–Kier alpha value is -2.52. The van der Waals surface area contributed by atoms with Crippen LogP contribution >= 0.6 is 0 Å². The molecule has 1 aromatic carbocycles. The fraction of sp³-hybridized carbons (Fsp3) is 0.444. The molecule has 6 heteroatoms. The van der Waals surface area contributed by atoms with Gasteiger partial charge in [0.1, 0.15) is 5.82 Å². The predicted octanol–water partition coefficient (Wildman–Crippen LogP) is 1.46. The van der Waals surface area contributed by atoms with E-state index in [0.717, 1.165) is 55.9 Å². The number of carbonyl (C=O) groups excluding carboxylic acids is 1. The van der Waals surface area contributed by atoms with Crippen LogP contribution in [0.1, 0.15) is 12.2 Å². The first kappa shape index (κ1) is 16.3. The third-order valence-corrected chi connectivity index (χ3v) is 4.28. The second-order valence-electron chi connectivity index (χ2n) is 6.00. The molecule has 2 aromatic rings. The van der Waals surface area contributed by atoms with E-state index < -0.39 is 0 Å². The second kappa shape index (κ2) is 7.84. The van der Waals surface area contributed by atoms with Crippen LogP contribution in [0.15, 0.2) is 24.3 Å². The number of fused-ring (bicyclic) bond motifs is 1. The smallest absolute Gasteiger partial charge is 0.317 e. The summed E-state index contributed by atoms with van der Waals surface area (Å²) in [6.45, 7) is 4.47. The fourth-order valence-corrected chi connectivity index (χ4v) is 2.93. The topological polar surface area (TPSA) is 64.3 Å². The van der Waals surface area contributed by atoms with Crippen molar-refractivity contribution in [2.75, 3.05) is 39.3 Å². The predicted molar refractivity (Wildman–Crippen MR) is 94.7 cm³/mol. The van der Waals surface area contributed by atoms with Crippen LogP contribution in [0.3, 0.4) is 0 Å². The van der Waals surface area contributed by atoms with E-state index in [-0.39, 0.29) is 6.03 Å². The summed E-state index contributed by atoms with van der Waals surface area (Å²) in [7, 11) is 0. The Morgan fingerprint density at radius 3 is 2.83 bits per heavy atom. The quantitative estimate of drug-likeness (QED) is 0.646. The highest BCUT2D eigenvalue weighted by molar-refractivity contribution is 5.75. The number of amides is 2. The molecule has 3 rings (SSSR count). The van der Waals surface area contributed by atoms with E-state index >= 15 is 0 Å². The summed E-state index contributed by atoms with van der Waals surface area (Å²) < 4.78 is 0. The number of para-hydroxylation sites is 2. The summed E-state index contributed by atoms with van der Waals surface area (Å²) in [5.74, 6) is 3.61. The molecule has 0 aliphatic carbocycles. The highest BCUT2D eigenvalue weighted by atomic mass is 16.2. The molecule has 1 saturated heterocycles. The minimum Gasteiger partial charge on any atom is -0.342 e. The van der Waals surface area contributed by atoms with E-state index in [4.69, 9.17) is 6.42 Å². The number of hydrogen-bond acceptors (Lipinski definition) is 3. The van der Waals surface area contributed by atoms with E-state index in [1.807, 2.05) is 29.2 Å². The largest absolute Gasteiger partial charge is 0.342 e. The van der Waals surface area contributed by atoms with Crippen molar-refractivity contribution in [3.05, 3.63) is 30.1 Å². The van der Waals surface area contributed by atoms with Crippen molar-refractivity contribution in [3.8, 4) is 12.3 Å². The van der Waals surface area contributed by atoms with Gasteiger partial charge in [0.15, 0.2) is 0 Å². The van der Waals surface area contributed by atoms with Crippen LogP contribution in [0.25, 0.3) is 11.0 Å². The van der Waals surface area contributed by atoms with Crippen molar-refractivity contribution in [1.29, 1.82) is 0 Å². The van der Waals surface area contributed by atoms with Gasteiger partial charge in [-0.15, -0.1) is 6.42 Å². The maximum Gasteiger partial charge on any atom is 0.317 e. The molecule has 1 aliphatic rings. The van der Waals surface area contributed by atoms with Crippen LogP contribution in [0.2, 0.25) is 0 Å². The zero-order valence-corrected chi connectivity index (χ0v) is 13.8. The van der Waals surface area contributed by atoms with Gasteiger partial charge in [-0.1, -0.05) is 18.1 Å². The lowest BCUT2D eigenvalue weighted by Crippen LogP contribution is -2.51. The molecular formula is C18H23N5O. The summed E-state index contributed by atoms with van der Waals surface area (Å²) in [5, 5.41) is 2.99. The molecule has 1 aromatic heterocycles. The summed E-state index contributed by atoms with van der Waals surface area (Å²) in [6.07, 6.45) is 7.00. The van der Waals surface area contributed by atoms with Crippen LogP contribution < -0.4 is 5.32 Å². The Morgan fingerprint density at radius 2 is 2.08 bits per heavy atom. The average Bonchev–Trinajstić information content (AvgIpc) is 3.02. The number of H-pyrrole nitrogens is 1. The molecule has 0 radical (unpaired) electrons. The van der Waals surface area contributed by atoms with Crippen LogP contribution in [-0.2, 0) is 6.42 Å². The summed E-state index contributed by atoms with van der Waals surface area (Å²) in [5.41, 5.74) is 2.04. The summed E-state index contributed by atoms with van der Waals surface area (Å²) in [4.78, 5) is 24.0. The monoisotopic (exact) mass is 325 g/mol. The van der Waals surface area contributed by atoms with Gasteiger partial charge in [0.05, 0.1) is 17.6 Å². The Labute approximate surface area is 142 Å². The number of benzene rings is 1. The Balaban J connectivity index is 1.37. The van der Waals surface area contributed by atoms with Gasteiger partial charge >= 0.3 is 6.03 Å². The van der Waals surface area contributed by atoms with E-state index in [1.165, 1.54) is 0 Å². The van der Waals surface area contributed by atoms with Gasteiger partial charge in [-0.25, -0.2) is 9.78 Å². The van der Waals surface area contributed by atoms with Gasteiger partial charge in [0.25, 0.3) is 0 Å². The van der Waals surface area contributed by atoms with Crippen LogP contribution in [-0.4, -0.2) is 65.1 Å². The van der Waals surface area contributed by atoms with E-state index in [1.54, 1.807) is 0 Å². The van der Waals surface area contributed by atoms with Crippen molar-refractivity contribution in [1.82, 2.24) is 25.1 Å². The van der Waals surface area contributed by atoms with Crippen molar-refractivity contribution in [2.24, 2.45) is 0 Å². The molecule has 0 bridgehead atoms. The van der Waals surface area contributed by atoms with Gasteiger partial charge < -0.3 is 15.2 Å². The molecular weight excluding hydrogens is 302 g/mol. The highest BCUT2D eigenvalue weighted by Crippen LogP contribution is 2.11. The number of piperazine rings is 1. The minimum absolute atomic E-state index is 0.0139. The van der Waals surface area contributed by atoms with Crippen molar-refractivity contribution < 1.29 is 4.79 Å². The van der Waals surface area contributed by atoms with Gasteiger partial charge in [0.2, 0.25) is 0 Å². The number of hydrogen-bond donors (Lipinski definition) is 2. The van der Waals surface area contributed by atoms with Crippen LogP contribution in [0.4, 0.5) is 4.79 Å². The van der Waals surface area contributed by atoms with E-state index in [0.29, 0.717) is 13.1 Å². The van der Waals surface area contributed by atoms with Crippen molar-refractivity contribution in [3.63, 3.8) is 0 Å². The van der Waals surface area contributed by atoms with E-state index in [2.05, 4.69) is 26.1 Å². The number of imidazole rings is 1. The molecule has 0 spiro atoms. The Morgan fingerprint density at radius 1 is 1.29 bits per heavy atom. The fourth-order valence-electron chi connectivity index (χ4n) is 2.93. The Kier molecular flexibility index (Phi) is 5.34. The molecule has 0 atom stereocenters. The maximum absolute atomic E-state index is 12.1. The molecule has 1 aliphatic heterocycles. The highest BCUT2D eigenvalue weighted by Gasteiger charge is 2.19. The number of nitrogens with zero attached hydrogens (tertiary/aromatic N) is 3. The molecule has 1 fully saturated rings. The maximum atomic E-state index is 12.1.